The molecule has 0 spiro atoms. The maximum atomic E-state index is 12.2. The molecule has 3 rings (SSSR count). The molecule has 1 saturated carbocycles. The summed E-state index contributed by atoms with van der Waals surface area (Å²) in [4.78, 5) is 15.0. The molecule has 0 N–H and O–H groups in total. The fraction of sp³-hybridized carbons (Fsp3) is 0.643. The number of ether oxygens (including phenoxy) is 1. The van der Waals surface area contributed by atoms with Gasteiger partial charge >= 0.3 is 0 Å². The summed E-state index contributed by atoms with van der Waals surface area (Å²) in [6.45, 7) is 4.53. The quantitative estimate of drug-likeness (QED) is 0.837. The van der Waals surface area contributed by atoms with Crippen molar-refractivity contribution < 1.29 is 9.53 Å². The summed E-state index contributed by atoms with van der Waals surface area (Å²) in [5, 5.41) is 2.03. The zero-order chi connectivity index (χ0) is 12.5. The van der Waals surface area contributed by atoms with Gasteiger partial charge in [-0.3, -0.25) is 4.79 Å². The van der Waals surface area contributed by atoms with Gasteiger partial charge in [0.1, 0.15) is 0 Å². The number of rotatable bonds is 4. The summed E-state index contributed by atoms with van der Waals surface area (Å²) in [5.74, 6) is 0.973. The number of aryl methyl sites for hydroxylation is 1. The first-order valence-electron chi connectivity index (χ1n) is 6.68. The summed E-state index contributed by atoms with van der Waals surface area (Å²) < 4.78 is 5.86. The standard InChI is InChI=1S/C14H19NO2S/c1-10-6-13(18-9-10)14(16)15-5-4-12(7-15)17-8-11-2-3-11/h6,9,11-12H,2-5,7-8H2,1H3. The van der Waals surface area contributed by atoms with Gasteiger partial charge in [0.25, 0.3) is 5.91 Å². The second kappa shape index (κ2) is 5.02. The normalized spacial score (nSPS) is 23.6. The molecule has 4 heteroatoms. The molecule has 3 nitrogen and oxygen atoms in total. The number of carbonyl (C=O) groups is 1. The number of likely N-dealkylation sites (tertiary alicyclic amines) is 1. The van der Waals surface area contributed by atoms with E-state index in [0.717, 1.165) is 36.9 Å². The number of hydrogen-bond donors (Lipinski definition) is 0. The van der Waals surface area contributed by atoms with Crippen LogP contribution in [0.15, 0.2) is 11.4 Å². The smallest absolute Gasteiger partial charge is 0.264 e. The van der Waals surface area contributed by atoms with E-state index in [1.54, 1.807) is 11.3 Å². The van der Waals surface area contributed by atoms with E-state index in [9.17, 15) is 4.79 Å². The Morgan fingerprint density at radius 2 is 2.33 bits per heavy atom. The molecule has 1 amide bonds. The SMILES string of the molecule is Cc1csc(C(=O)N2CCC(OCC3CC3)C2)c1. The van der Waals surface area contributed by atoms with E-state index >= 15 is 0 Å². The molecule has 1 atom stereocenters. The predicted octanol–water partition coefficient (Wildman–Crippen LogP) is 2.70. The third-order valence-electron chi connectivity index (χ3n) is 3.64. The van der Waals surface area contributed by atoms with Crippen LogP contribution in [0.1, 0.15) is 34.5 Å². The zero-order valence-electron chi connectivity index (χ0n) is 10.7. The highest BCUT2D eigenvalue weighted by Crippen LogP contribution is 2.30. The van der Waals surface area contributed by atoms with Gasteiger partial charge in [-0.1, -0.05) is 0 Å². The highest BCUT2D eigenvalue weighted by molar-refractivity contribution is 7.12. The topological polar surface area (TPSA) is 29.5 Å². The number of thiophene rings is 1. The van der Waals surface area contributed by atoms with Crippen LogP contribution in [0.4, 0.5) is 0 Å². The van der Waals surface area contributed by atoms with Crippen LogP contribution < -0.4 is 0 Å². The van der Waals surface area contributed by atoms with Gasteiger partial charge in [0.2, 0.25) is 0 Å². The lowest BCUT2D eigenvalue weighted by Gasteiger charge is -2.15. The maximum Gasteiger partial charge on any atom is 0.264 e. The number of amides is 1. The van der Waals surface area contributed by atoms with E-state index < -0.39 is 0 Å². The Hall–Kier alpha value is -0.870. The summed E-state index contributed by atoms with van der Waals surface area (Å²) in [6.07, 6.45) is 3.90. The van der Waals surface area contributed by atoms with Crippen LogP contribution in [0.25, 0.3) is 0 Å². The van der Waals surface area contributed by atoms with Gasteiger partial charge in [-0.2, -0.15) is 0 Å². The first kappa shape index (κ1) is 12.2. The zero-order valence-corrected chi connectivity index (χ0v) is 11.5. The van der Waals surface area contributed by atoms with Gasteiger partial charge in [-0.05, 0) is 49.1 Å². The van der Waals surface area contributed by atoms with Crippen LogP contribution in [0, 0.1) is 12.8 Å². The summed E-state index contributed by atoms with van der Waals surface area (Å²) >= 11 is 1.54. The van der Waals surface area contributed by atoms with Crippen molar-refractivity contribution in [3.8, 4) is 0 Å². The minimum atomic E-state index is 0.172. The lowest BCUT2D eigenvalue weighted by molar-refractivity contribution is 0.0482. The van der Waals surface area contributed by atoms with E-state index in [2.05, 4.69) is 0 Å². The molecule has 0 bridgehead atoms. The number of hydrogen-bond acceptors (Lipinski definition) is 3. The molecule has 98 valence electrons. The van der Waals surface area contributed by atoms with Gasteiger partial charge in [-0.15, -0.1) is 11.3 Å². The monoisotopic (exact) mass is 265 g/mol. The Morgan fingerprint density at radius 3 is 3.00 bits per heavy atom. The van der Waals surface area contributed by atoms with Crippen molar-refractivity contribution >= 4 is 17.2 Å². The second-order valence-corrected chi connectivity index (χ2v) is 6.34. The maximum absolute atomic E-state index is 12.2. The summed E-state index contributed by atoms with van der Waals surface area (Å²) in [6, 6.07) is 1.98. The summed E-state index contributed by atoms with van der Waals surface area (Å²) in [5.41, 5.74) is 1.17. The van der Waals surface area contributed by atoms with Crippen molar-refractivity contribution in [3.05, 3.63) is 21.9 Å². The molecule has 1 aromatic heterocycles. The molecule has 2 aliphatic rings. The van der Waals surface area contributed by atoms with Crippen LogP contribution in [0.5, 0.6) is 0 Å². The Labute approximate surface area is 112 Å². The molecule has 0 radical (unpaired) electrons. The fourth-order valence-electron chi connectivity index (χ4n) is 2.30. The second-order valence-electron chi connectivity index (χ2n) is 5.43. The molecule has 1 aliphatic carbocycles. The molecule has 1 aliphatic heterocycles. The van der Waals surface area contributed by atoms with Crippen molar-refractivity contribution in [2.45, 2.75) is 32.3 Å². The first-order valence-corrected chi connectivity index (χ1v) is 7.56. The molecular weight excluding hydrogens is 246 g/mol. The van der Waals surface area contributed by atoms with Crippen molar-refractivity contribution in [1.82, 2.24) is 4.90 Å². The Bertz CT molecular complexity index is 439. The predicted molar refractivity (Wildman–Crippen MR) is 72.0 cm³/mol. The molecule has 0 aromatic carbocycles. The molecule has 2 heterocycles. The van der Waals surface area contributed by atoms with E-state index in [1.807, 2.05) is 23.3 Å². The Kier molecular flexibility index (Phi) is 3.39. The van der Waals surface area contributed by atoms with Crippen molar-refractivity contribution in [2.75, 3.05) is 19.7 Å². The summed E-state index contributed by atoms with van der Waals surface area (Å²) in [7, 11) is 0. The molecule has 2 fully saturated rings. The van der Waals surface area contributed by atoms with E-state index in [-0.39, 0.29) is 12.0 Å². The number of nitrogens with zero attached hydrogens (tertiary/aromatic N) is 1. The average molecular weight is 265 g/mol. The molecular formula is C14H19NO2S. The Balaban J connectivity index is 1.52. The molecule has 1 saturated heterocycles. The van der Waals surface area contributed by atoms with Gasteiger partial charge < -0.3 is 9.64 Å². The van der Waals surface area contributed by atoms with Crippen molar-refractivity contribution in [3.63, 3.8) is 0 Å². The lowest BCUT2D eigenvalue weighted by atomic mass is 10.3. The number of carbonyl (C=O) groups excluding carboxylic acids is 1. The average Bonchev–Trinajstić information content (AvgIpc) is 2.90. The van der Waals surface area contributed by atoms with Crippen LogP contribution in [0.2, 0.25) is 0 Å². The van der Waals surface area contributed by atoms with Crippen LogP contribution in [-0.2, 0) is 4.74 Å². The third kappa shape index (κ3) is 2.75. The van der Waals surface area contributed by atoms with Crippen molar-refractivity contribution in [1.29, 1.82) is 0 Å². The van der Waals surface area contributed by atoms with Gasteiger partial charge in [0, 0.05) is 19.7 Å². The first-order chi connectivity index (χ1) is 8.72. The van der Waals surface area contributed by atoms with E-state index in [4.69, 9.17) is 4.74 Å². The van der Waals surface area contributed by atoms with Crippen LogP contribution in [0.3, 0.4) is 0 Å². The molecule has 1 aromatic rings. The minimum absolute atomic E-state index is 0.172. The minimum Gasteiger partial charge on any atom is -0.376 e. The van der Waals surface area contributed by atoms with Gasteiger partial charge in [-0.25, -0.2) is 0 Å². The Morgan fingerprint density at radius 1 is 1.50 bits per heavy atom. The van der Waals surface area contributed by atoms with Gasteiger partial charge in [0.15, 0.2) is 0 Å². The largest absolute Gasteiger partial charge is 0.376 e. The van der Waals surface area contributed by atoms with E-state index in [1.165, 1.54) is 18.4 Å². The van der Waals surface area contributed by atoms with Crippen molar-refractivity contribution in [2.24, 2.45) is 5.92 Å². The third-order valence-corrected chi connectivity index (χ3v) is 4.67. The lowest BCUT2D eigenvalue weighted by Crippen LogP contribution is -2.29. The van der Waals surface area contributed by atoms with Crippen LogP contribution in [-0.4, -0.2) is 36.6 Å². The van der Waals surface area contributed by atoms with Crippen LogP contribution >= 0.6 is 11.3 Å². The van der Waals surface area contributed by atoms with Gasteiger partial charge in [0.05, 0.1) is 11.0 Å². The molecule has 1 unspecified atom stereocenters. The molecule has 18 heavy (non-hydrogen) atoms. The fourth-order valence-corrected chi connectivity index (χ4v) is 3.17. The highest BCUT2D eigenvalue weighted by atomic mass is 32.1. The highest BCUT2D eigenvalue weighted by Gasteiger charge is 2.30. The van der Waals surface area contributed by atoms with E-state index in [0.29, 0.717) is 0 Å².